The Labute approximate surface area is 93.1 Å². The number of carboxylic acid groups (broad SMARTS) is 1. The van der Waals surface area contributed by atoms with Crippen molar-refractivity contribution >= 4 is 21.7 Å². The number of hydrogen-bond acceptors (Lipinski definition) is 4. The smallest absolute Gasteiger partial charge is 0.307 e. The molecule has 90 valence electrons. The van der Waals surface area contributed by atoms with Gasteiger partial charge < -0.3 is 10.0 Å². The third-order valence-corrected chi connectivity index (χ3v) is 4.69. The summed E-state index contributed by atoms with van der Waals surface area (Å²) in [6, 6.07) is 0. The molecule has 2 fully saturated rings. The van der Waals surface area contributed by atoms with Crippen molar-refractivity contribution < 1.29 is 23.1 Å². The van der Waals surface area contributed by atoms with E-state index in [1.165, 1.54) is 4.90 Å². The van der Waals surface area contributed by atoms with Crippen molar-refractivity contribution in [1.29, 1.82) is 0 Å². The lowest BCUT2D eigenvalue weighted by Crippen LogP contribution is -2.44. The number of sulfone groups is 1. The van der Waals surface area contributed by atoms with Crippen molar-refractivity contribution in [2.45, 2.75) is 6.42 Å². The molecule has 2 rings (SSSR count). The first-order valence-corrected chi connectivity index (χ1v) is 6.95. The number of carbonyl (C=O) groups excluding carboxylic acids is 1. The standard InChI is InChI=1S/C9H13NO5S/c11-8(6-5-7(6)9(12)13)10-1-3-16(14,15)4-2-10/h6-7H,1-5H2,(H,12,13). The van der Waals surface area contributed by atoms with Crippen molar-refractivity contribution in [3.05, 3.63) is 0 Å². The third-order valence-electron chi connectivity index (χ3n) is 3.08. The van der Waals surface area contributed by atoms with Gasteiger partial charge in [-0.1, -0.05) is 0 Å². The van der Waals surface area contributed by atoms with Gasteiger partial charge in [-0.2, -0.15) is 0 Å². The number of aliphatic carboxylic acids is 1. The van der Waals surface area contributed by atoms with Crippen LogP contribution in [0.5, 0.6) is 0 Å². The molecular weight excluding hydrogens is 234 g/mol. The van der Waals surface area contributed by atoms with E-state index in [0.717, 1.165) is 0 Å². The molecule has 0 radical (unpaired) electrons. The second-order valence-corrected chi connectivity index (χ2v) is 6.57. The van der Waals surface area contributed by atoms with Gasteiger partial charge in [-0.05, 0) is 6.42 Å². The van der Waals surface area contributed by atoms with Crippen LogP contribution in [0, 0.1) is 11.8 Å². The molecule has 1 aliphatic heterocycles. The first-order valence-electron chi connectivity index (χ1n) is 5.13. The number of hydrogen-bond donors (Lipinski definition) is 1. The van der Waals surface area contributed by atoms with Crippen LogP contribution in [0.1, 0.15) is 6.42 Å². The van der Waals surface area contributed by atoms with E-state index in [4.69, 9.17) is 5.11 Å². The second kappa shape index (κ2) is 3.73. The molecule has 2 unspecified atom stereocenters. The Hall–Kier alpha value is -1.11. The summed E-state index contributed by atoms with van der Waals surface area (Å²) < 4.78 is 22.3. The van der Waals surface area contributed by atoms with Crippen molar-refractivity contribution in [3.63, 3.8) is 0 Å². The lowest BCUT2D eigenvalue weighted by Gasteiger charge is -2.26. The Morgan fingerprint density at radius 3 is 2.12 bits per heavy atom. The topological polar surface area (TPSA) is 91.8 Å². The SMILES string of the molecule is O=C(O)C1CC1C(=O)N1CCS(=O)(=O)CC1. The second-order valence-electron chi connectivity index (χ2n) is 4.26. The first kappa shape index (κ1) is 11.4. The Bertz CT molecular complexity index is 415. The Morgan fingerprint density at radius 2 is 1.69 bits per heavy atom. The molecule has 1 aliphatic carbocycles. The van der Waals surface area contributed by atoms with Gasteiger partial charge in [0, 0.05) is 13.1 Å². The fourth-order valence-corrected chi connectivity index (χ4v) is 3.11. The zero-order chi connectivity index (χ0) is 11.9. The minimum absolute atomic E-state index is 0.0107. The number of rotatable bonds is 2. The van der Waals surface area contributed by atoms with E-state index >= 15 is 0 Å². The highest BCUT2D eigenvalue weighted by Crippen LogP contribution is 2.40. The third kappa shape index (κ3) is 2.18. The van der Waals surface area contributed by atoms with Gasteiger partial charge in [-0.25, -0.2) is 8.42 Å². The Morgan fingerprint density at radius 1 is 1.12 bits per heavy atom. The van der Waals surface area contributed by atoms with Crippen LogP contribution in [0.2, 0.25) is 0 Å². The van der Waals surface area contributed by atoms with Crippen molar-refractivity contribution in [3.8, 4) is 0 Å². The van der Waals surface area contributed by atoms with E-state index in [1.807, 2.05) is 0 Å². The minimum Gasteiger partial charge on any atom is -0.481 e. The predicted molar refractivity (Wildman–Crippen MR) is 54.5 cm³/mol. The molecule has 0 spiro atoms. The highest BCUT2D eigenvalue weighted by molar-refractivity contribution is 7.91. The maximum Gasteiger partial charge on any atom is 0.307 e. The van der Waals surface area contributed by atoms with Crippen molar-refractivity contribution in [2.24, 2.45) is 11.8 Å². The van der Waals surface area contributed by atoms with Crippen LogP contribution in [0.25, 0.3) is 0 Å². The van der Waals surface area contributed by atoms with E-state index in [2.05, 4.69) is 0 Å². The molecule has 1 saturated carbocycles. The molecule has 1 saturated heterocycles. The minimum atomic E-state index is -2.99. The average Bonchev–Trinajstić information content (AvgIpc) is 2.96. The molecule has 0 aromatic heterocycles. The average molecular weight is 247 g/mol. The monoisotopic (exact) mass is 247 g/mol. The van der Waals surface area contributed by atoms with Crippen LogP contribution in [-0.2, 0) is 19.4 Å². The molecule has 0 aromatic rings. The van der Waals surface area contributed by atoms with Gasteiger partial charge in [-0.15, -0.1) is 0 Å². The molecule has 16 heavy (non-hydrogen) atoms. The summed E-state index contributed by atoms with van der Waals surface area (Å²) in [5.74, 6) is -2.17. The summed E-state index contributed by atoms with van der Waals surface area (Å²) >= 11 is 0. The molecule has 1 amide bonds. The highest BCUT2D eigenvalue weighted by atomic mass is 32.2. The summed E-state index contributed by atoms with van der Waals surface area (Å²) in [4.78, 5) is 23.8. The van der Waals surface area contributed by atoms with Crippen LogP contribution in [-0.4, -0.2) is 54.9 Å². The Kier molecular flexibility index (Phi) is 2.65. The maximum absolute atomic E-state index is 11.8. The van der Waals surface area contributed by atoms with Gasteiger partial charge in [0.2, 0.25) is 5.91 Å². The maximum atomic E-state index is 11.8. The molecule has 1 N–H and O–H groups in total. The quantitative estimate of drug-likeness (QED) is 0.673. The van der Waals surface area contributed by atoms with Crippen molar-refractivity contribution in [2.75, 3.05) is 24.6 Å². The largest absolute Gasteiger partial charge is 0.481 e. The van der Waals surface area contributed by atoms with Crippen molar-refractivity contribution in [1.82, 2.24) is 4.90 Å². The van der Waals surface area contributed by atoms with Gasteiger partial charge in [0.05, 0.1) is 23.3 Å². The van der Waals surface area contributed by atoms with Crippen LogP contribution in [0.3, 0.4) is 0 Å². The predicted octanol–water partition coefficient (Wildman–Crippen LogP) is -1.04. The zero-order valence-electron chi connectivity index (χ0n) is 8.63. The number of amides is 1. The van der Waals surface area contributed by atoms with Gasteiger partial charge in [0.25, 0.3) is 0 Å². The van der Waals surface area contributed by atoms with E-state index in [0.29, 0.717) is 6.42 Å². The van der Waals surface area contributed by atoms with Crippen LogP contribution in [0.4, 0.5) is 0 Å². The fourth-order valence-electron chi connectivity index (χ4n) is 1.91. The summed E-state index contributed by atoms with van der Waals surface area (Å²) in [5, 5.41) is 8.69. The summed E-state index contributed by atoms with van der Waals surface area (Å²) in [7, 11) is -2.99. The van der Waals surface area contributed by atoms with Gasteiger partial charge in [0.1, 0.15) is 0 Å². The van der Waals surface area contributed by atoms with E-state index in [9.17, 15) is 18.0 Å². The normalized spacial score (nSPS) is 32.1. The summed E-state index contributed by atoms with van der Waals surface area (Å²) in [6.45, 7) is 0.397. The van der Waals surface area contributed by atoms with E-state index < -0.39 is 27.6 Å². The van der Waals surface area contributed by atoms with Crippen LogP contribution in [0.15, 0.2) is 0 Å². The van der Waals surface area contributed by atoms with E-state index in [-0.39, 0.29) is 30.5 Å². The van der Waals surface area contributed by atoms with Crippen LogP contribution < -0.4 is 0 Å². The molecule has 7 heteroatoms. The number of carbonyl (C=O) groups is 2. The molecule has 0 aromatic carbocycles. The molecule has 1 heterocycles. The summed E-state index contributed by atoms with van der Waals surface area (Å²) in [5.41, 5.74) is 0. The van der Waals surface area contributed by atoms with Gasteiger partial charge in [-0.3, -0.25) is 9.59 Å². The van der Waals surface area contributed by atoms with E-state index in [1.54, 1.807) is 0 Å². The Balaban J connectivity index is 1.91. The lowest BCUT2D eigenvalue weighted by molar-refractivity contribution is -0.141. The molecular formula is C9H13NO5S. The molecule has 0 bridgehead atoms. The van der Waals surface area contributed by atoms with Gasteiger partial charge in [0.15, 0.2) is 9.84 Å². The first-order chi connectivity index (χ1) is 7.41. The number of nitrogens with zero attached hydrogens (tertiary/aromatic N) is 1. The van der Waals surface area contributed by atoms with Crippen LogP contribution >= 0.6 is 0 Å². The lowest BCUT2D eigenvalue weighted by atomic mass is 10.2. The molecule has 6 nitrogen and oxygen atoms in total. The van der Waals surface area contributed by atoms with Gasteiger partial charge >= 0.3 is 5.97 Å². The highest BCUT2D eigenvalue weighted by Gasteiger charge is 2.50. The zero-order valence-corrected chi connectivity index (χ0v) is 9.44. The number of carboxylic acids is 1. The molecule has 2 aliphatic rings. The molecule has 2 atom stereocenters. The summed E-state index contributed by atoms with van der Waals surface area (Å²) in [6.07, 6.45) is 0.386. The fraction of sp³-hybridized carbons (Fsp3) is 0.778.